The first-order valence-corrected chi connectivity index (χ1v) is 7.19. The van der Waals surface area contributed by atoms with Crippen molar-refractivity contribution in [2.45, 2.75) is 32.2 Å². The predicted molar refractivity (Wildman–Crippen MR) is 80.7 cm³/mol. The lowest BCUT2D eigenvalue weighted by Gasteiger charge is -2.26. The number of nitrogens with two attached hydrogens (primary N) is 1. The smallest absolute Gasteiger partial charge is 0.106 e. The Hall–Kier alpha value is -0.610. The van der Waals surface area contributed by atoms with Crippen molar-refractivity contribution in [3.05, 3.63) is 28.2 Å². The largest absolute Gasteiger partial charge is 0.389 e. The van der Waals surface area contributed by atoms with Crippen LogP contribution in [0.3, 0.4) is 0 Å². The Balaban J connectivity index is 2.39. The molecule has 2 N–H and O–H groups in total. The molecule has 1 aliphatic carbocycles. The van der Waals surface area contributed by atoms with Gasteiger partial charge in [-0.1, -0.05) is 35.1 Å². The van der Waals surface area contributed by atoms with E-state index in [1.807, 2.05) is 12.1 Å². The van der Waals surface area contributed by atoms with E-state index in [9.17, 15) is 0 Å². The number of nitrogens with zero attached hydrogens (tertiary/aromatic N) is 1. The van der Waals surface area contributed by atoms with Crippen LogP contribution in [0.1, 0.15) is 31.7 Å². The Bertz CT molecular complexity index is 429. The highest BCUT2D eigenvalue weighted by molar-refractivity contribution is 9.10. The topological polar surface area (TPSA) is 29.3 Å². The highest BCUT2D eigenvalue weighted by Crippen LogP contribution is 2.35. The summed E-state index contributed by atoms with van der Waals surface area (Å²) in [6.07, 6.45) is 3.70. The molecule has 0 aromatic heterocycles. The summed E-state index contributed by atoms with van der Waals surface area (Å²) in [4.78, 5) is 2.92. The minimum atomic E-state index is 0.481. The maximum absolute atomic E-state index is 5.81. The minimum Gasteiger partial charge on any atom is -0.389 e. The molecule has 1 saturated carbocycles. The van der Waals surface area contributed by atoms with Crippen LogP contribution in [-0.4, -0.2) is 17.6 Å². The van der Waals surface area contributed by atoms with E-state index in [1.165, 1.54) is 18.5 Å². The first kappa shape index (κ1) is 12.8. The average molecular weight is 313 g/mol. The van der Waals surface area contributed by atoms with Gasteiger partial charge in [-0.25, -0.2) is 0 Å². The molecule has 4 heteroatoms. The van der Waals surface area contributed by atoms with Gasteiger partial charge in [-0.3, -0.25) is 0 Å². The van der Waals surface area contributed by atoms with Crippen molar-refractivity contribution >= 4 is 38.8 Å². The Morgan fingerprint density at radius 3 is 2.76 bits per heavy atom. The molecule has 2 nitrogen and oxygen atoms in total. The quantitative estimate of drug-likeness (QED) is 0.844. The van der Waals surface area contributed by atoms with E-state index < -0.39 is 0 Å². The zero-order chi connectivity index (χ0) is 12.4. The van der Waals surface area contributed by atoms with Gasteiger partial charge in [-0.15, -0.1) is 0 Å². The number of anilines is 1. The monoisotopic (exact) mass is 312 g/mol. The molecule has 0 spiro atoms. The van der Waals surface area contributed by atoms with E-state index in [0.29, 0.717) is 11.0 Å². The van der Waals surface area contributed by atoms with Crippen molar-refractivity contribution in [3.8, 4) is 0 Å². The lowest BCUT2D eigenvalue weighted by molar-refractivity contribution is 0.762. The van der Waals surface area contributed by atoms with Crippen molar-refractivity contribution in [3.63, 3.8) is 0 Å². The molecule has 2 rings (SSSR count). The second-order valence-corrected chi connectivity index (χ2v) is 5.81. The zero-order valence-electron chi connectivity index (χ0n) is 9.95. The molecular formula is C13H17BrN2S. The first-order valence-electron chi connectivity index (χ1n) is 5.99. The zero-order valence-corrected chi connectivity index (χ0v) is 12.4. The Morgan fingerprint density at radius 1 is 1.53 bits per heavy atom. The fourth-order valence-corrected chi connectivity index (χ4v) is 2.60. The number of benzene rings is 1. The number of hydrogen-bond acceptors (Lipinski definition) is 2. The van der Waals surface area contributed by atoms with Gasteiger partial charge in [0.2, 0.25) is 0 Å². The summed E-state index contributed by atoms with van der Waals surface area (Å²) >= 11 is 8.66. The van der Waals surface area contributed by atoms with Gasteiger partial charge in [0.1, 0.15) is 4.99 Å². The number of thiocarbonyl (C=S) groups is 1. The third-order valence-electron chi connectivity index (χ3n) is 2.99. The maximum atomic E-state index is 5.81. The molecule has 0 radical (unpaired) electrons. The summed E-state index contributed by atoms with van der Waals surface area (Å²) in [5, 5.41) is 0. The molecule has 0 saturated heterocycles. The van der Waals surface area contributed by atoms with Gasteiger partial charge >= 0.3 is 0 Å². The van der Waals surface area contributed by atoms with Crippen LogP contribution in [0.5, 0.6) is 0 Å². The molecule has 1 aromatic carbocycles. The van der Waals surface area contributed by atoms with Crippen molar-refractivity contribution in [1.82, 2.24) is 0 Å². The minimum absolute atomic E-state index is 0.481. The Morgan fingerprint density at radius 2 is 2.24 bits per heavy atom. The third kappa shape index (κ3) is 2.99. The van der Waals surface area contributed by atoms with Gasteiger partial charge in [0.25, 0.3) is 0 Å². The van der Waals surface area contributed by atoms with Crippen molar-refractivity contribution in [2.75, 3.05) is 11.4 Å². The van der Waals surface area contributed by atoms with Crippen molar-refractivity contribution < 1.29 is 0 Å². The molecule has 0 amide bonds. The highest BCUT2D eigenvalue weighted by Gasteiger charge is 2.30. The molecule has 0 heterocycles. The average Bonchev–Trinajstić information content (AvgIpc) is 3.09. The standard InChI is InChI=1S/C13H17BrN2S/c1-2-7-16(10-4-5-10)12-8-9(14)3-6-11(12)13(15)17/h3,6,8,10H,2,4-5,7H2,1H3,(H2,15,17). The summed E-state index contributed by atoms with van der Waals surface area (Å²) in [6.45, 7) is 3.27. The van der Waals surface area contributed by atoms with Crippen LogP contribution in [-0.2, 0) is 0 Å². The van der Waals surface area contributed by atoms with Gasteiger partial charge in [0, 0.05) is 28.3 Å². The van der Waals surface area contributed by atoms with Crippen LogP contribution < -0.4 is 10.6 Å². The van der Waals surface area contributed by atoms with E-state index in [4.69, 9.17) is 18.0 Å². The van der Waals surface area contributed by atoms with Crippen LogP contribution in [0.4, 0.5) is 5.69 Å². The summed E-state index contributed by atoms with van der Waals surface area (Å²) in [5.74, 6) is 0. The lowest BCUT2D eigenvalue weighted by Crippen LogP contribution is -2.29. The van der Waals surface area contributed by atoms with E-state index in [1.54, 1.807) is 0 Å². The van der Waals surface area contributed by atoms with Crippen LogP contribution >= 0.6 is 28.1 Å². The number of rotatable bonds is 5. The maximum Gasteiger partial charge on any atom is 0.106 e. The number of hydrogen-bond donors (Lipinski definition) is 1. The van der Waals surface area contributed by atoms with Crippen molar-refractivity contribution in [1.29, 1.82) is 0 Å². The van der Waals surface area contributed by atoms with E-state index in [2.05, 4.69) is 33.8 Å². The van der Waals surface area contributed by atoms with Gasteiger partial charge in [0.15, 0.2) is 0 Å². The molecule has 1 aliphatic rings. The molecule has 1 aromatic rings. The van der Waals surface area contributed by atoms with E-state index in [-0.39, 0.29) is 0 Å². The Labute approximate surface area is 116 Å². The van der Waals surface area contributed by atoms with Crippen LogP contribution in [0.25, 0.3) is 0 Å². The van der Waals surface area contributed by atoms with Gasteiger partial charge in [-0.2, -0.15) is 0 Å². The van der Waals surface area contributed by atoms with Crippen LogP contribution in [0.15, 0.2) is 22.7 Å². The second-order valence-electron chi connectivity index (χ2n) is 4.45. The Kier molecular flexibility index (Phi) is 4.05. The number of halogens is 1. The molecule has 0 bridgehead atoms. The van der Waals surface area contributed by atoms with Crippen LogP contribution in [0.2, 0.25) is 0 Å². The molecule has 17 heavy (non-hydrogen) atoms. The highest BCUT2D eigenvalue weighted by atomic mass is 79.9. The van der Waals surface area contributed by atoms with Gasteiger partial charge < -0.3 is 10.6 Å². The normalized spacial score (nSPS) is 14.7. The van der Waals surface area contributed by atoms with E-state index in [0.717, 1.165) is 23.0 Å². The fourth-order valence-electron chi connectivity index (χ4n) is 2.08. The predicted octanol–water partition coefficient (Wildman–Crippen LogP) is 3.46. The van der Waals surface area contributed by atoms with Crippen LogP contribution in [0, 0.1) is 0 Å². The van der Waals surface area contributed by atoms with E-state index >= 15 is 0 Å². The third-order valence-corrected chi connectivity index (χ3v) is 3.70. The molecule has 0 aliphatic heterocycles. The molecule has 92 valence electrons. The SMILES string of the molecule is CCCN(c1cc(Br)ccc1C(N)=S)C1CC1. The summed E-state index contributed by atoms with van der Waals surface area (Å²) in [7, 11) is 0. The summed E-state index contributed by atoms with van der Waals surface area (Å²) < 4.78 is 1.08. The molecule has 0 atom stereocenters. The second kappa shape index (κ2) is 5.36. The van der Waals surface area contributed by atoms with Gasteiger partial charge in [0.05, 0.1) is 0 Å². The van der Waals surface area contributed by atoms with Crippen molar-refractivity contribution in [2.24, 2.45) is 5.73 Å². The first-order chi connectivity index (χ1) is 8.13. The van der Waals surface area contributed by atoms with Gasteiger partial charge in [-0.05, 0) is 37.5 Å². The molecular weight excluding hydrogens is 296 g/mol. The lowest BCUT2D eigenvalue weighted by atomic mass is 10.1. The summed E-state index contributed by atoms with van der Waals surface area (Å²) in [5.41, 5.74) is 7.98. The summed E-state index contributed by atoms with van der Waals surface area (Å²) in [6, 6.07) is 6.81. The fraction of sp³-hybridized carbons (Fsp3) is 0.462. The molecule has 1 fully saturated rings. The molecule has 0 unspecified atom stereocenters.